The van der Waals surface area contributed by atoms with Gasteiger partial charge in [0.25, 0.3) is 0 Å². The van der Waals surface area contributed by atoms with Crippen molar-refractivity contribution in [1.82, 2.24) is 4.98 Å². The van der Waals surface area contributed by atoms with Gasteiger partial charge < -0.3 is 5.21 Å². The molecule has 0 saturated carbocycles. The van der Waals surface area contributed by atoms with Crippen LogP contribution in [0.5, 0.6) is 0 Å². The summed E-state index contributed by atoms with van der Waals surface area (Å²) in [5, 5.41) is 12.1. The van der Waals surface area contributed by atoms with E-state index in [9.17, 15) is 5.21 Å². The van der Waals surface area contributed by atoms with Crippen LogP contribution in [0.4, 0.5) is 0 Å². The smallest absolute Gasteiger partial charge is 0.244 e. The van der Waals surface area contributed by atoms with Crippen LogP contribution in [0, 0.1) is 5.21 Å². The van der Waals surface area contributed by atoms with Crippen LogP contribution in [0.1, 0.15) is 0 Å². The van der Waals surface area contributed by atoms with Crippen LogP contribution in [-0.2, 0) is 0 Å². The summed E-state index contributed by atoms with van der Waals surface area (Å²) >= 11 is 3.35. The molecule has 1 aromatic heterocycles. The highest BCUT2D eigenvalue weighted by Gasteiger charge is 2.11. The summed E-state index contributed by atoms with van der Waals surface area (Å²) in [4.78, 5) is 4.44. The number of nitrogens with zero attached hydrogens (tertiary/aromatic N) is 2. The molecular formula is C12H7BrN2O. The third kappa shape index (κ3) is 1.34. The summed E-state index contributed by atoms with van der Waals surface area (Å²) < 4.78 is 1.80. The number of aromatic nitrogens is 2. The van der Waals surface area contributed by atoms with Gasteiger partial charge in [-0.3, -0.25) is 0 Å². The Bertz CT molecular complexity index is 697. The van der Waals surface area contributed by atoms with E-state index in [0.717, 1.165) is 9.20 Å². The van der Waals surface area contributed by atoms with Crippen LogP contribution in [0.3, 0.4) is 0 Å². The van der Waals surface area contributed by atoms with Gasteiger partial charge in [0.2, 0.25) is 11.0 Å². The van der Waals surface area contributed by atoms with Gasteiger partial charge in [-0.05, 0) is 18.2 Å². The zero-order valence-electron chi connectivity index (χ0n) is 8.22. The Morgan fingerprint density at radius 1 is 1.00 bits per heavy atom. The molecule has 1 heterocycles. The number of rotatable bonds is 0. The molecule has 0 spiro atoms. The topological polar surface area (TPSA) is 39.8 Å². The maximum atomic E-state index is 12.1. The molecule has 0 unspecified atom stereocenters. The van der Waals surface area contributed by atoms with E-state index in [-0.39, 0.29) is 0 Å². The third-order valence-electron chi connectivity index (χ3n) is 2.50. The largest absolute Gasteiger partial charge is 0.618 e. The number of halogens is 1. The molecule has 4 heteroatoms. The molecule has 0 fully saturated rings. The van der Waals surface area contributed by atoms with Gasteiger partial charge in [0.15, 0.2) is 0 Å². The van der Waals surface area contributed by atoms with Crippen LogP contribution in [-0.4, -0.2) is 4.98 Å². The standard InChI is InChI=1S/C12H7BrN2O/c13-8-5-6-10-12(7-8)15(16)11-4-2-1-3-9(11)14-10/h1-7H. The number of fused-ring (bicyclic) bond motifs is 2. The van der Waals surface area contributed by atoms with Crippen LogP contribution >= 0.6 is 15.9 Å². The van der Waals surface area contributed by atoms with Crippen molar-refractivity contribution in [3.63, 3.8) is 0 Å². The summed E-state index contributed by atoms with van der Waals surface area (Å²) in [6.07, 6.45) is 0. The Labute approximate surface area is 100 Å². The number of para-hydroxylation sites is 2. The minimum atomic E-state index is 0.577. The maximum Gasteiger partial charge on any atom is 0.244 e. The molecule has 0 aliphatic carbocycles. The third-order valence-corrected chi connectivity index (χ3v) is 2.99. The van der Waals surface area contributed by atoms with Crippen molar-refractivity contribution in [2.45, 2.75) is 0 Å². The summed E-state index contributed by atoms with van der Waals surface area (Å²) in [6.45, 7) is 0. The molecule has 0 aliphatic heterocycles. The van der Waals surface area contributed by atoms with Crippen molar-refractivity contribution < 1.29 is 4.73 Å². The van der Waals surface area contributed by atoms with Crippen molar-refractivity contribution in [3.8, 4) is 0 Å². The quantitative estimate of drug-likeness (QED) is 0.359. The first-order valence-electron chi connectivity index (χ1n) is 4.83. The molecule has 0 saturated heterocycles. The van der Waals surface area contributed by atoms with E-state index in [1.54, 1.807) is 12.1 Å². The summed E-state index contributed by atoms with van der Waals surface area (Å²) in [5.41, 5.74) is 2.59. The summed E-state index contributed by atoms with van der Waals surface area (Å²) in [5.74, 6) is 0. The van der Waals surface area contributed by atoms with E-state index in [1.807, 2.05) is 30.3 Å². The van der Waals surface area contributed by atoms with Crippen LogP contribution in [0.2, 0.25) is 0 Å². The van der Waals surface area contributed by atoms with Gasteiger partial charge >= 0.3 is 0 Å². The lowest BCUT2D eigenvalue weighted by molar-refractivity contribution is -0.548. The minimum absolute atomic E-state index is 0.577. The average Bonchev–Trinajstić information content (AvgIpc) is 2.31. The summed E-state index contributed by atoms with van der Waals surface area (Å²) in [7, 11) is 0. The number of hydrogen-bond donors (Lipinski definition) is 0. The highest BCUT2D eigenvalue weighted by atomic mass is 79.9. The molecule has 0 atom stereocenters. The lowest BCUT2D eigenvalue weighted by atomic mass is 10.2. The number of hydrogen-bond acceptors (Lipinski definition) is 2. The molecule has 0 radical (unpaired) electrons. The fourth-order valence-corrected chi connectivity index (χ4v) is 2.09. The molecule has 0 aliphatic rings. The van der Waals surface area contributed by atoms with Gasteiger partial charge in [-0.1, -0.05) is 28.1 Å². The second-order valence-corrected chi connectivity index (χ2v) is 4.44. The van der Waals surface area contributed by atoms with Gasteiger partial charge in [-0.2, -0.15) is 4.73 Å². The molecule has 2 aromatic carbocycles. The summed E-state index contributed by atoms with van der Waals surface area (Å²) in [6, 6.07) is 12.8. The van der Waals surface area contributed by atoms with E-state index in [0.29, 0.717) is 22.1 Å². The lowest BCUT2D eigenvalue weighted by Gasteiger charge is -2.04. The van der Waals surface area contributed by atoms with Crippen molar-refractivity contribution in [2.24, 2.45) is 0 Å². The minimum Gasteiger partial charge on any atom is -0.618 e. The number of benzene rings is 2. The Hall–Kier alpha value is -1.68. The lowest BCUT2D eigenvalue weighted by Crippen LogP contribution is -2.28. The van der Waals surface area contributed by atoms with Gasteiger partial charge in [-0.15, -0.1) is 0 Å². The Morgan fingerprint density at radius 2 is 1.75 bits per heavy atom. The first-order chi connectivity index (χ1) is 7.75. The average molecular weight is 275 g/mol. The first kappa shape index (κ1) is 9.54. The fraction of sp³-hybridized carbons (Fsp3) is 0. The van der Waals surface area contributed by atoms with Gasteiger partial charge in [0.05, 0.1) is 0 Å². The molecule has 3 rings (SSSR count). The molecule has 78 valence electrons. The van der Waals surface area contributed by atoms with E-state index >= 15 is 0 Å². The molecule has 3 nitrogen and oxygen atoms in total. The van der Waals surface area contributed by atoms with Crippen molar-refractivity contribution in [2.75, 3.05) is 0 Å². The van der Waals surface area contributed by atoms with Gasteiger partial charge in [-0.25, -0.2) is 4.98 Å². The normalized spacial score (nSPS) is 11.1. The molecule has 0 bridgehead atoms. The monoisotopic (exact) mass is 274 g/mol. The second kappa shape index (κ2) is 3.42. The molecule has 3 aromatic rings. The Balaban J connectivity index is 2.56. The fourth-order valence-electron chi connectivity index (χ4n) is 1.74. The first-order valence-corrected chi connectivity index (χ1v) is 5.62. The van der Waals surface area contributed by atoms with E-state index < -0.39 is 0 Å². The zero-order chi connectivity index (χ0) is 11.1. The second-order valence-electron chi connectivity index (χ2n) is 3.53. The van der Waals surface area contributed by atoms with E-state index in [4.69, 9.17) is 0 Å². The molecule has 16 heavy (non-hydrogen) atoms. The van der Waals surface area contributed by atoms with Crippen LogP contribution < -0.4 is 4.73 Å². The maximum absolute atomic E-state index is 12.1. The molecule has 0 N–H and O–H groups in total. The van der Waals surface area contributed by atoms with Gasteiger partial charge in [0, 0.05) is 16.6 Å². The van der Waals surface area contributed by atoms with Crippen molar-refractivity contribution >= 4 is 38.0 Å². The van der Waals surface area contributed by atoms with E-state index in [1.165, 1.54) is 0 Å². The molecular weight excluding hydrogens is 268 g/mol. The SMILES string of the molecule is [O-][n+]1c2ccccc2nc2ccc(Br)cc21. The highest BCUT2D eigenvalue weighted by Crippen LogP contribution is 2.18. The predicted octanol–water partition coefficient (Wildman–Crippen LogP) is 2.78. The Morgan fingerprint density at radius 3 is 2.62 bits per heavy atom. The zero-order valence-corrected chi connectivity index (χ0v) is 9.81. The Kier molecular flexibility index (Phi) is 2.04. The predicted molar refractivity (Wildman–Crippen MR) is 65.9 cm³/mol. The highest BCUT2D eigenvalue weighted by molar-refractivity contribution is 9.10. The van der Waals surface area contributed by atoms with Crippen LogP contribution in [0.15, 0.2) is 46.9 Å². The van der Waals surface area contributed by atoms with Crippen LogP contribution in [0.25, 0.3) is 22.1 Å². The molecule has 0 amide bonds. The van der Waals surface area contributed by atoms with Crippen molar-refractivity contribution in [1.29, 1.82) is 0 Å². The van der Waals surface area contributed by atoms with Crippen molar-refractivity contribution in [3.05, 3.63) is 52.1 Å². The van der Waals surface area contributed by atoms with E-state index in [2.05, 4.69) is 20.9 Å². The van der Waals surface area contributed by atoms with Gasteiger partial charge in [0.1, 0.15) is 11.0 Å².